The number of aliphatic hydroxyl groups excluding tert-OH is 1. The van der Waals surface area contributed by atoms with Gasteiger partial charge in [0.1, 0.15) is 0 Å². The third-order valence-electron chi connectivity index (χ3n) is 2.54. The third kappa shape index (κ3) is 2.42. The summed E-state index contributed by atoms with van der Waals surface area (Å²) in [5.74, 6) is -0.367. The monoisotopic (exact) mass is 237 g/mol. The van der Waals surface area contributed by atoms with Crippen molar-refractivity contribution in [1.29, 1.82) is 0 Å². The lowest BCUT2D eigenvalue weighted by Gasteiger charge is -2.12. The lowest BCUT2D eigenvalue weighted by Crippen LogP contribution is -2.15. The number of hydrogen-bond donors (Lipinski definition) is 4. The Morgan fingerprint density at radius 2 is 2.35 bits per heavy atom. The standard InChI is InChI=1S/C11H15N3O3/c1-6(5-15)4-13-8-3-9-10(2-7(8)12)17-11(16)14-9/h2-3,6,13,15H,4-5,12H2,1H3,(H,14,16). The quantitative estimate of drug-likeness (QED) is 0.587. The van der Waals surface area contributed by atoms with E-state index in [1.807, 2.05) is 6.92 Å². The molecule has 1 unspecified atom stereocenters. The highest BCUT2D eigenvalue weighted by atomic mass is 16.4. The van der Waals surface area contributed by atoms with Crippen molar-refractivity contribution in [2.75, 3.05) is 24.2 Å². The average molecular weight is 237 g/mol. The fourth-order valence-electron chi connectivity index (χ4n) is 1.51. The molecule has 0 saturated carbocycles. The number of anilines is 2. The molecule has 17 heavy (non-hydrogen) atoms. The van der Waals surface area contributed by atoms with Crippen LogP contribution in [-0.4, -0.2) is 23.2 Å². The number of nitrogens with one attached hydrogen (secondary N) is 2. The molecule has 2 aromatic rings. The number of nitrogen functional groups attached to an aromatic ring is 1. The minimum absolute atomic E-state index is 0.109. The van der Waals surface area contributed by atoms with Crippen molar-refractivity contribution >= 4 is 22.5 Å². The Hall–Kier alpha value is -1.95. The summed E-state index contributed by atoms with van der Waals surface area (Å²) in [6.45, 7) is 2.63. The highest BCUT2D eigenvalue weighted by Crippen LogP contribution is 2.24. The number of nitrogens with two attached hydrogens (primary N) is 1. The zero-order valence-electron chi connectivity index (χ0n) is 9.49. The second-order valence-corrected chi connectivity index (χ2v) is 4.12. The van der Waals surface area contributed by atoms with E-state index in [2.05, 4.69) is 10.3 Å². The summed E-state index contributed by atoms with van der Waals surface area (Å²) in [6, 6.07) is 3.32. The lowest BCUT2D eigenvalue weighted by atomic mass is 10.2. The molecule has 2 rings (SSSR count). The number of oxazole rings is 1. The Kier molecular flexibility index (Phi) is 3.06. The van der Waals surface area contributed by atoms with Crippen LogP contribution in [0, 0.1) is 5.92 Å². The molecular formula is C11H15N3O3. The fourth-order valence-corrected chi connectivity index (χ4v) is 1.51. The topological polar surface area (TPSA) is 104 Å². The smallest absolute Gasteiger partial charge is 0.408 e. The van der Waals surface area contributed by atoms with E-state index >= 15 is 0 Å². The molecule has 0 spiro atoms. The summed E-state index contributed by atoms with van der Waals surface area (Å²) in [7, 11) is 0. The first-order valence-electron chi connectivity index (χ1n) is 5.37. The van der Waals surface area contributed by atoms with Crippen LogP contribution in [0.25, 0.3) is 11.1 Å². The Morgan fingerprint density at radius 1 is 1.59 bits per heavy atom. The van der Waals surface area contributed by atoms with Gasteiger partial charge in [0, 0.05) is 19.2 Å². The third-order valence-corrected chi connectivity index (χ3v) is 2.54. The van der Waals surface area contributed by atoms with Gasteiger partial charge in [-0.1, -0.05) is 6.92 Å². The molecule has 6 nitrogen and oxygen atoms in total. The molecule has 0 bridgehead atoms. The van der Waals surface area contributed by atoms with E-state index in [4.69, 9.17) is 15.3 Å². The van der Waals surface area contributed by atoms with Crippen molar-refractivity contribution in [1.82, 2.24) is 4.98 Å². The Morgan fingerprint density at radius 3 is 3.06 bits per heavy atom. The molecule has 0 aliphatic heterocycles. The van der Waals surface area contributed by atoms with E-state index in [0.717, 1.165) is 5.69 Å². The summed E-state index contributed by atoms with van der Waals surface area (Å²) >= 11 is 0. The van der Waals surface area contributed by atoms with E-state index in [1.54, 1.807) is 12.1 Å². The largest absolute Gasteiger partial charge is 0.417 e. The van der Waals surface area contributed by atoms with Crippen molar-refractivity contribution in [3.05, 3.63) is 22.7 Å². The first-order chi connectivity index (χ1) is 8.10. The molecule has 0 saturated heterocycles. The van der Waals surface area contributed by atoms with Crippen molar-refractivity contribution in [3.63, 3.8) is 0 Å². The number of aromatic nitrogens is 1. The molecule has 6 heteroatoms. The second kappa shape index (κ2) is 4.50. The zero-order chi connectivity index (χ0) is 12.4. The number of aromatic amines is 1. The van der Waals surface area contributed by atoms with Crippen molar-refractivity contribution in [2.24, 2.45) is 5.92 Å². The molecule has 1 aromatic carbocycles. The Bertz CT molecular complexity index is 573. The summed E-state index contributed by atoms with van der Waals surface area (Å²) < 4.78 is 4.89. The first kappa shape index (κ1) is 11.5. The van der Waals surface area contributed by atoms with Gasteiger partial charge in [0.25, 0.3) is 0 Å². The Balaban J connectivity index is 2.27. The van der Waals surface area contributed by atoms with Crippen LogP contribution in [0.3, 0.4) is 0 Å². The molecule has 1 atom stereocenters. The van der Waals surface area contributed by atoms with Crippen LogP contribution in [0.15, 0.2) is 21.3 Å². The van der Waals surface area contributed by atoms with Gasteiger partial charge in [-0.05, 0) is 12.0 Å². The number of fused-ring (bicyclic) bond motifs is 1. The van der Waals surface area contributed by atoms with Gasteiger partial charge in [-0.15, -0.1) is 0 Å². The minimum Gasteiger partial charge on any atom is -0.408 e. The minimum atomic E-state index is -0.500. The number of rotatable bonds is 4. The molecule has 0 fully saturated rings. The van der Waals surface area contributed by atoms with Gasteiger partial charge in [0.05, 0.1) is 16.9 Å². The molecule has 0 aliphatic rings. The van der Waals surface area contributed by atoms with Crippen LogP contribution >= 0.6 is 0 Å². The van der Waals surface area contributed by atoms with Crippen molar-refractivity contribution < 1.29 is 9.52 Å². The first-order valence-corrected chi connectivity index (χ1v) is 5.37. The maximum atomic E-state index is 11.0. The van der Waals surface area contributed by atoms with Crippen molar-refractivity contribution in [2.45, 2.75) is 6.92 Å². The summed E-state index contributed by atoms with van der Waals surface area (Å²) in [5, 5.41) is 12.0. The molecule has 5 N–H and O–H groups in total. The van der Waals surface area contributed by atoms with Gasteiger partial charge in [-0.3, -0.25) is 4.98 Å². The van der Waals surface area contributed by atoms with E-state index in [1.165, 1.54) is 0 Å². The highest BCUT2D eigenvalue weighted by Gasteiger charge is 2.07. The maximum absolute atomic E-state index is 11.0. The molecular weight excluding hydrogens is 222 g/mol. The second-order valence-electron chi connectivity index (χ2n) is 4.12. The fraction of sp³-hybridized carbons (Fsp3) is 0.364. The van der Waals surface area contributed by atoms with Crippen LogP contribution < -0.4 is 16.8 Å². The van der Waals surface area contributed by atoms with Crippen LogP contribution in [0.5, 0.6) is 0 Å². The van der Waals surface area contributed by atoms with E-state index in [0.29, 0.717) is 23.3 Å². The van der Waals surface area contributed by atoms with Crippen molar-refractivity contribution in [3.8, 4) is 0 Å². The van der Waals surface area contributed by atoms with Gasteiger partial charge in [0.15, 0.2) is 5.58 Å². The van der Waals surface area contributed by atoms with Gasteiger partial charge in [0.2, 0.25) is 0 Å². The van der Waals surface area contributed by atoms with Crippen LogP contribution in [0.1, 0.15) is 6.92 Å². The van der Waals surface area contributed by atoms with E-state index in [9.17, 15) is 4.79 Å². The van der Waals surface area contributed by atoms with Crippen LogP contribution in [0.2, 0.25) is 0 Å². The number of H-pyrrole nitrogens is 1. The summed E-state index contributed by atoms with van der Waals surface area (Å²) in [5.41, 5.74) is 8.08. The van der Waals surface area contributed by atoms with Crippen LogP contribution in [-0.2, 0) is 0 Å². The molecule has 0 aliphatic carbocycles. The highest BCUT2D eigenvalue weighted by molar-refractivity contribution is 5.85. The molecule has 92 valence electrons. The zero-order valence-corrected chi connectivity index (χ0v) is 9.49. The molecule has 1 aromatic heterocycles. The SMILES string of the molecule is CC(CO)CNc1cc2[nH]c(=O)oc2cc1N. The van der Waals surface area contributed by atoms with Crippen LogP contribution in [0.4, 0.5) is 11.4 Å². The molecule has 0 radical (unpaired) electrons. The van der Waals surface area contributed by atoms with Gasteiger partial charge >= 0.3 is 5.76 Å². The number of benzene rings is 1. The summed E-state index contributed by atoms with van der Waals surface area (Å²) in [4.78, 5) is 13.6. The van der Waals surface area contributed by atoms with Gasteiger partial charge < -0.3 is 20.6 Å². The number of hydrogen-bond acceptors (Lipinski definition) is 5. The van der Waals surface area contributed by atoms with Gasteiger partial charge in [-0.2, -0.15) is 0 Å². The molecule has 0 amide bonds. The van der Waals surface area contributed by atoms with E-state index in [-0.39, 0.29) is 12.5 Å². The van der Waals surface area contributed by atoms with Gasteiger partial charge in [-0.25, -0.2) is 4.79 Å². The normalized spacial score (nSPS) is 12.8. The predicted molar refractivity (Wildman–Crippen MR) is 66.0 cm³/mol. The summed E-state index contributed by atoms with van der Waals surface area (Å²) in [6.07, 6.45) is 0. The maximum Gasteiger partial charge on any atom is 0.417 e. The predicted octanol–water partition coefficient (Wildman–Crippen LogP) is 0.744. The average Bonchev–Trinajstić information content (AvgIpc) is 2.64. The molecule has 1 heterocycles. The van der Waals surface area contributed by atoms with E-state index < -0.39 is 5.76 Å². The lowest BCUT2D eigenvalue weighted by molar-refractivity contribution is 0.244. The number of aliphatic hydroxyl groups is 1. The Labute approximate surface area is 97.4 Å².